The normalized spacial score (nSPS) is 13.4. The maximum absolute atomic E-state index is 12.8. The van der Waals surface area contributed by atoms with E-state index in [-0.39, 0.29) is 5.92 Å². The van der Waals surface area contributed by atoms with Crippen molar-refractivity contribution in [3.05, 3.63) is 21.9 Å². The maximum Gasteiger partial charge on any atom is 0.300 e. The van der Waals surface area contributed by atoms with Gasteiger partial charge in [-0.25, -0.2) is 0 Å². The third-order valence-corrected chi connectivity index (χ3v) is 1.85. The molecule has 0 aliphatic carbocycles. The molecule has 4 heteroatoms. The van der Waals surface area contributed by atoms with E-state index in [9.17, 15) is 9.18 Å². The second kappa shape index (κ2) is 2.90. The van der Waals surface area contributed by atoms with E-state index < -0.39 is 11.4 Å². The van der Waals surface area contributed by atoms with Crippen molar-refractivity contribution >= 4 is 0 Å². The van der Waals surface area contributed by atoms with Gasteiger partial charge < -0.3 is 0 Å². The average Bonchev–Trinajstić information content (AvgIpc) is 2.32. The van der Waals surface area contributed by atoms with Crippen LogP contribution in [0.1, 0.15) is 31.9 Å². The van der Waals surface area contributed by atoms with Crippen LogP contribution in [-0.4, -0.2) is 10.2 Å². The minimum Gasteiger partial charge on any atom is -0.299 e. The molecule has 0 spiro atoms. The molecule has 0 saturated carbocycles. The average molecular weight is 158 g/mol. The van der Waals surface area contributed by atoms with Crippen molar-refractivity contribution in [2.75, 3.05) is 0 Å². The van der Waals surface area contributed by atoms with Gasteiger partial charge in [0.15, 0.2) is 0 Å². The summed E-state index contributed by atoms with van der Waals surface area (Å²) in [7, 11) is 0. The highest BCUT2D eigenvalue weighted by Gasteiger charge is 2.13. The lowest BCUT2D eigenvalue weighted by molar-refractivity contribution is 0.574. The summed E-state index contributed by atoms with van der Waals surface area (Å²) in [5, 5.41) is 4.71. The van der Waals surface area contributed by atoms with Gasteiger partial charge in [-0.2, -0.15) is 4.39 Å². The van der Waals surface area contributed by atoms with Crippen molar-refractivity contribution < 1.29 is 4.39 Å². The van der Waals surface area contributed by atoms with E-state index in [1.165, 1.54) is 0 Å². The van der Waals surface area contributed by atoms with Gasteiger partial charge in [-0.05, 0) is 6.42 Å². The fourth-order valence-electron chi connectivity index (χ4n) is 0.900. The van der Waals surface area contributed by atoms with Gasteiger partial charge in [0.05, 0.1) is 5.69 Å². The Bertz CT molecular complexity index is 289. The number of aromatic nitrogens is 2. The molecule has 0 aliphatic heterocycles. The van der Waals surface area contributed by atoms with Crippen LogP contribution < -0.4 is 5.56 Å². The third kappa shape index (κ3) is 1.34. The van der Waals surface area contributed by atoms with Crippen molar-refractivity contribution in [3.8, 4) is 0 Å². The van der Waals surface area contributed by atoms with Crippen LogP contribution in [0.4, 0.5) is 4.39 Å². The van der Waals surface area contributed by atoms with E-state index in [1.54, 1.807) is 0 Å². The summed E-state index contributed by atoms with van der Waals surface area (Å²) >= 11 is 0. The van der Waals surface area contributed by atoms with E-state index in [0.717, 1.165) is 6.42 Å². The Labute approximate surface area is 63.6 Å². The summed E-state index contributed by atoms with van der Waals surface area (Å²) in [6, 6.07) is 0. The fourth-order valence-corrected chi connectivity index (χ4v) is 0.900. The van der Waals surface area contributed by atoms with Gasteiger partial charge >= 0.3 is 0 Å². The van der Waals surface area contributed by atoms with Gasteiger partial charge in [0.1, 0.15) is 0 Å². The van der Waals surface area contributed by atoms with Gasteiger partial charge in [-0.1, -0.05) is 13.8 Å². The van der Waals surface area contributed by atoms with Gasteiger partial charge in [0.2, 0.25) is 5.82 Å². The lowest BCUT2D eigenvalue weighted by atomic mass is 10.1. The van der Waals surface area contributed by atoms with E-state index in [4.69, 9.17) is 0 Å². The third-order valence-electron chi connectivity index (χ3n) is 1.85. The van der Waals surface area contributed by atoms with Crippen LogP contribution in [0.2, 0.25) is 0 Å². The number of hydrogen-bond acceptors (Lipinski definition) is 1. The fraction of sp³-hybridized carbons (Fsp3) is 0.571. The van der Waals surface area contributed by atoms with Crippen LogP contribution in [0, 0.1) is 5.82 Å². The summed E-state index contributed by atoms with van der Waals surface area (Å²) in [4.78, 5) is 10.6. The van der Waals surface area contributed by atoms with Crippen LogP contribution in [0.25, 0.3) is 0 Å². The molecule has 0 saturated heterocycles. The molecular weight excluding hydrogens is 147 g/mol. The Morgan fingerprint density at radius 2 is 2.18 bits per heavy atom. The highest BCUT2D eigenvalue weighted by Crippen LogP contribution is 2.16. The van der Waals surface area contributed by atoms with Gasteiger partial charge in [-0.3, -0.25) is 15.0 Å². The molecule has 11 heavy (non-hydrogen) atoms. The first-order chi connectivity index (χ1) is 5.16. The molecule has 1 heterocycles. The summed E-state index contributed by atoms with van der Waals surface area (Å²) in [5.41, 5.74) is -0.294. The van der Waals surface area contributed by atoms with Crippen molar-refractivity contribution in [2.45, 2.75) is 26.2 Å². The number of aromatic amines is 2. The zero-order valence-electron chi connectivity index (χ0n) is 6.57. The minimum atomic E-state index is -0.681. The molecule has 0 amide bonds. The predicted octanol–water partition coefficient (Wildman–Crippen LogP) is 1.36. The first kappa shape index (κ1) is 8.04. The van der Waals surface area contributed by atoms with Crippen LogP contribution in [0.3, 0.4) is 0 Å². The Hall–Kier alpha value is -1.06. The SMILES string of the molecule is CCC(C)c1[nH][nH]c(=O)c1F. The summed E-state index contributed by atoms with van der Waals surface area (Å²) in [6.45, 7) is 3.80. The van der Waals surface area contributed by atoms with E-state index in [2.05, 4.69) is 10.2 Å². The lowest BCUT2D eigenvalue weighted by Crippen LogP contribution is -2.04. The summed E-state index contributed by atoms with van der Waals surface area (Å²) < 4.78 is 12.8. The Morgan fingerprint density at radius 1 is 1.55 bits per heavy atom. The van der Waals surface area contributed by atoms with Gasteiger partial charge in [0, 0.05) is 5.92 Å². The quantitative estimate of drug-likeness (QED) is 0.670. The molecule has 1 aromatic rings. The number of halogens is 1. The first-order valence-corrected chi connectivity index (χ1v) is 3.62. The highest BCUT2D eigenvalue weighted by molar-refractivity contribution is 5.07. The maximum atomic E-state index is 12.8. The molecule has 0 bridgehead atoms. The minimum absolute atomic E-state index is 0.0638. The van der Waals surface area contributed by atoms with Crippen LogP contribution in [-0.2, 0) is 0 Å². The molecule has 1 rings (SSSR count). The topological polar surface area (TPSA) is 48.6 Å². The lowest BCUT2D eigenvalue weighted by Gasteiger charge is -2.03. The van der Waals surface area contributed by atoms with Crippen LogP contribution in [0.15, 0.2) is 4.79 Å². The zero-order valence-corrected chi connectivity index (χ0v) is 6.57. The van der Waals surface area contributed by atoms with Crippen molar-refractivity contribution in [2.24, 2.45) is 0 Å². The Kier molecular flexibility index (Phi) is 2.12. The Morgan fingerprint density at radius 3 is 2.55 bits per heavy atom. The number of H-pyrrole nitrogens is 2. The van der Waals surface area contributed by atoms with Crippen LogP contribution >= 0.6 is 0 Å². The molecule has 0 aromatic carbocycles. The standard InChI is InChI=1S/C7H11FN2O/c1-3-4(2)6-5(8)7(11)10-9-6/h4H,3H2,1-2H3,(H2,9,10,11). The van der Waals surface area contributed by atoms with Crippen molar-refractivity contribution in [1.29, 1.82) is 0 Å². The molecule has 1 aromatic heterocycles. The van der Waals surface area contributed by atoms with Crippen LogP contribution in [0.5, 0.6) is 0 Å². The van der Waals surface area contributed by atoms with Gasteiger partial charge in [0.25, 0.3) is 5.56 Å². The van der Waals surface area contributed by atoms with E-state index in [1.807, 2.05) is 13.8 Å². The van der Waals surface area contributed by atoms with E-state index in [0.29, 0.717) is 5.69 Å². The molecule has 1 atom stereocenters. The predicted molar refractivity (Wildman–Crippen MR) is 40.1 cm³/mol. The number of nitrogens with one attached hydrogen (secondary N) is 2. The molecule has 62 valence electrons. The molecule has 1 unspecified atom stereocenters. The molecular formula is C7H11FN2O. The van der Waals surface area contributed by atoms with Gasteiger partial charge in [-0.15, -0.1) is 0 Å². The first-order valence-electron chi connectivity index (χ1n) is 3.62. The molecule has 0 radical (unpaired) electrons. The molecule has 0 aliphatic rings. The summed E-state index contributed by atoms with van der Waals surface area (Å²) in [6.07, 6.45) is 0.810. The highest BCUT2D eigenvalue weighted by atomic mass is 19.1. The van der Waals surface area contributed by atoms with Crippen molar-refractivity contribution in [1.82, 2.24) is 10.2 Å². The molecule has 3 nitrogen and oxygen atoms in total. The smallest absolute Gasteiger partial charge is 0.299 e. The summed E-state index contributed by atoms with van der Waals surface area (Å²) in [5.74, 6) is -0.617. The van der Waals surface area contributed by atoms with Crippen molar-refractivity contribution in [3.63, 3.8) is 0 Å². The second-order valence-electron chi connectivity index (χ2n) is 2.62. The van der Waals surface area contributed by atoms with E-state index >= 15 is 0 Å². The zero-order chi connectivity index (χ0) is 8.43. The molecule has 0 fully saturated rings. The second-order valence-corrected chi connectivity index (χ2v) is 2.62. The number of hydrogen-bond donors (Lipinski definition) is 2. The molecule has 2 N–H and O–H groups in total. The Balaban J connectivity index is 3.04. The largest absolute Gasteiger partial charge is 0.300 e. The number of rotatable bonds is 2. The monoisotopic (exact) mass is 158 g/mol.